The van der Waals surface area contributed by atoms with Gasteiger partial charge >= 0.3 is 6.18 Å². The van der Waals surface area contributed by atoms with Crippen LogP contribution in [0.15, 0.2) is 76.7 Å². The maximum atomic E-state index is 13.2. The normalized spacial score (nSPS) is 13.7. The third-order valence-electron chi connectivity index (χ3n) is 4.75. The highest BCUT2D eigenvalue weighted by molar-refractivity contribution is 7.91. The molecular formula is C23H18F3NO3S. The van der Waals surface area contributed by atoms with Crippen LogP contribution in [0.4, 0.5) is 13.2 Å². The molecule has 1 unspecified atom stereocenters. The van der Waals surface area contributed by atoms with Crippen LogP contribution in [0.1, 0.15) is 25.0 Å². The van der Waals surface area contributed by atoms with Gasteiger partial charge in [-0.1, -0.05) is 36.3 Å². The predicted octanol–water partition coefficient (Wildman–Crippen LogP) is 4.72. The Balaban J connectivity index is 2.04. The van der Waals surface area contributed by atoms with Crippen LogP contribution in [-0.4, -0.2) is 24.7 Å². The van der Waals surface area contributed by atoms with E-state index in [2.05, 4.69) is 16.8 Å². The smallest absolute Gasteiger partial charge is 0.376 e. The quantitative estimate of drug-likeness (QED) is 0.590. The van der Waals surface area contributed by atoms with Crippen molar-refractivity contribution in [2.45, 2.75) is 35.4 Å². The molecule has 3 rings (SSSR count). The number of halogens is 3. The molecule has 0 saturated carbocycles. The van der Waals surface area contributed by atoms with E-state index in [-0.39, 0.29) is 21.0 Å². The van der Waals surface area contributed by atoms with Gasteiger partial charge in [0.1, 0.15) is 0 Å². The zero-order valence-electron chi connectivity index (χ0n) is 16.6. The molecule has 0 bridgehead atoms. The first kappa shape index (κ1) is 22.5. The van der Waals surface area contributed by atoms with Crippen molar-refractivity contribution >= 4 is 9.84 Å². The van der Waals surface area contributed by atoms with Gasteiger partial charge in [-0.05, 0) is 44.2 Å². The molecule has 1 atom stereocenters. The van der Waals surface area contributed by atoms with Gasteiger partial charge in [0.05, 0.1) is 21.0 Å². The summed E-state index contributed by atoms with van der Waals surface area (Å²) in [6, 6.07) is 14.9. The molecule has 31 heavy (non-hydrogen) atoms. The number of sulfone groups is 1. The van der Waals surface area contributed by atoms with Gasteiger partial charge in [0.15, 0.2) is 5.60 Å². The summed E-state index contributed by atoms with van der Waals surface area (Å²) < 4.78 is 65.0. The van der Waals surface area contributed by atoms with E-state index in [0.717, 1.165) is 12.3 Å². The minimum Gasteiger partial charge on any atom is -0.376 e. The Morgan fingerprint density at radius 1 is 0.968 bits per heavy atom. The summed E-state index contributed by atoms with van der Waals surface area (Å²) in [5.74, 6) is 5.32. The molecule has 0 aliphatic carbocycles. The van der Waals surface area contributed by atoms with E-state index in [1.807, 2.05) is 0 Å². The highest BCUT2D eigenvalue weighted by Crippen LogP contribution is 2.39. The molecule has 0 saturated heterocycles. The summed E-state index contributed by atoms with van der Waals surface area (Å²) >= 11 is 0. The highest BCUT2D eigenvalue weighted by atomic mass is 32.2. The Morgan fingerprint density at radius 2 is 1.55 bits per heavy atom. The summed E-state index contributed by atoms with van der Waals surface area (Å²) in [7, 11) is -3.71. The van der Waals surface area contributed by atoms with Crippen molar-refractivity contribution in [3.63, 3.8) is 0 Å². The van der Waals surface area contributed by atoms with Crippen molar-refractivity contribution in [2.75, 3.05) is 0 Å². The van der Waals surface area contributed by atoms with E-state index in [1.54, 1.807) is 18.2 Å². The molecule has 160 valence electrons. The highest BCUT2D eigenvalue weighted by Gasteiger charge is 2.51. The fraction of sp³-hybridized carbons (Fsp3) is 0.174. The number of pyridine rings is 1. The molecule has 0 amide bonds. The Hall–Kier alpha value is -3.15. The molecule has 0 aliphatic rings. The van der Waals surface area contributed by atoms with Crippen molar-refractivity contribution in [1.82, 2.24) is 4.98 Å². The number of alkyl halides is 3. The number of nitrogens with zero attached hydrogens (tertiary/aromatic N) is 1. The van der Waals surface area contributed by atoms with Crippen LogP contribution in [0.3, 0.4) is 0 Å². The van der Waals surface area contributed by atoms with Crippen molar-refractivity contribution in [3.05, 3.63) is 78.0 Å². The second-order valence-corrected chi connectivity index (χ2v) is 8.86. The van der Waals surface area contributed by atoms with Crippen LogP contribution < -0.4 is 0 Å². The van der Waals surface area contributed by atoms with Gasteiger partial charge in [0.2, 0.25) is 9.84 Å². The summed E-state index contributed by atoms with van der Waals surface area (Å²) in [6.45, 7) is 2.17. The fourth-order valence-electron chi connectivity index (χ4n) is 2.88. The predicted molar refractivity (Wildman–Crippen MR) is 110 cm³/mol. The largest absolute Gasteiger partial charge is 0.421 e. The Bertz CT molecular complexity index is 1260. The second-order valence-electron chi connectivity index (χ2n) is 6.91. The average Bonchev–Trinajstić information content (AvgIpc) is 2.74. The molecule has 0 spiro atoms. The number of rotatable bonds is 4. The molecule has 3 aromatic rings. The van der Waals surface area contributed by atoms with Crippen LogP contribution >= 0.6 is 0 Å². The van der Waals surface area contributed by atoms with Crippen LogP contribution in [0.2, 0.25) is 0 Å². The van der Waals surface area contributed by atoms with Gasteiger partial charge in [-0.2, -0.15) is 13.2 Å². The number of aromatic nitrogens is 1. The topological polar surface area (TPSA) is 67.3 Å². The maximum Gasteiger partial charge on any atom is 0.421 e. The molecule has 0 radical (unpaired) electrons. The lowest BCUT2D eigenvalue weighted by Crippen LogP contribution is -2.39. The molecule has 8 heteroatoms. The van der Waals surface area contributed by atoms with E-state index < -0.39 is 27.2 Å². The molecule has 4 nitrogen and oxygen atoms in total. The zero-order valence-corrected chi connectivity index (χ0v) is 17.4. The first-order valence-corrected chi connectivity index (χ1v) is 10.6. The summed E-state index contributed by atoms with van der Waals surface area (Å²) in [5, 5.41) is 9.93. The lowest BCUT2D eigenvalue weighted by atomic mass is 9.94. The number of aliphatic hydroxyl groups is 1. The van der Waals surface area contributed by atoms with Crippen molar-refractivity contribution in [2.24, 2.45) is 0 Å². The number of hydrogen-bond acceptors (Lipinski definition) is 4. The van der Waals surface area contributed by atoms with Crippen LogP contribution in [-0.2, 0) is 15.4 Å². The maximum absolute atomic E-state index is 13.2. The minimum atomic E-state index is -4.89. The van der Waals surface area contributed by atoms with E-state index in [0.29, 0.717) is 12.5 Å². The lowest BCUT2D eigenvalue weighted by molar-refractivity contribution is -0.259. The van der Waals surface area contributed by atoms with E-state index in [9.17, 15) is 26.7 Å². The molecule has 0 fully saturated rings. The fourth-order valence-corrected chi connectivity index (χ4v) is 4.16. The molecule has 1 aromatic heterocycles. The third-order valence-corrected chi connectivity index (χ3v) is 6.54. The van der Waals surface area contributed by atoms with Gasteiger partial charge in [-0.3, -0.25) is 4.98 Å². The van der Waals surface area contributed by atoms with E-state index in [1.165, 1.54) is 43.3 Å². The monoisotopic (exact) mass is 445 g/mol. The van der Waals surface area contributed by atoms with Gasteiger partial charge in [0, 0.05) is 17.3 Å². The van der Waals surface area contributed by atoms with E-state index >= 15 is 0 Å². The molecule has 0 aliphatic heterocycles. The molecular weight excluding hydrogens is 427 g/mol. The summed E-state index contributed by atoms with van der Waals surface area (Å²) in [5.41, 5.74) is -2.59. The van der Waals surface area contributed by atoms with Gasteiger partial charge in [-0.25, -0.2) is 8.42 Å². The molecule has 1 heterocycles. The molecule has 1 N–H and O–H groups in total. The van der Waals surface area contributed by atoms with Crippen LogP contribution in [0, 0.1) is 11.8 Å². The van der Waals surface area contributed by atoms with E-state index in [4.69, 9.17) is 0 Å². The summed E-state index contributed by atoms with van der Waals surface area (Å²) in [4.78, 5) is 4.31. The number of benzene rings is 2. The Morgan fingerprint density at radius 3 is 2.10 bits per heavy atom. The van der Waals surface area contributed by atoms with Crippen molar-refractivity contribution in [3.8, 4) is 23.1 Å². The SMILES string of the molecule is CC#Cc1cc(C(C)(O)C(F)(F)F)cnc1-c1ccc(S(=O)(=O)c2ccccc2)cc1. The summed E-state index contributed by atoms with van der Waals surface area (Å²) in [6.07, 6.45) is -3.95. The first-order chi connectivity index (χ1) is 14.5. The van der Waals surface area contributed by atoms with Crippen molar-refractivity contribution in [1.29, 1.82) is 0 Å². The first-order valence-electron chi connectivity index (χ1n) is 9.11. The van der Waals surface area contributed by atoms with Gasteiger partial charge < -0.3 is 5.11 Å². The van der Waals surface area contributed by atoms with Crippen LogP contribution in [0.25, 0.3) is 11.3 Å². The van der Waals surface area contributed by atoms with Crippen LogP contribution in [0.5, 0.6) is 0 Å². The Kier molecular flexibility index (Phi) is 5.94. The van der Waals surface area contributed by atoms with Crippen molar-refractivity contribution < 1.29 is 26.7 Å². The lowest BCUT2D eigenvalue weighted by Gasteiger charge is -2.26. The standard InChI is InChI=1S/C23H18F3NO3S/c1-3-7-17-14-18(22(2,28)23(24,25)26)15-27-21(17)16-10-12-20(13-11-16)31(29,30)19-8-5-4-6-9-19/h4-6,8-15,28H,1-2H3. The second kappa shape index (κ2) is 8.17. The van der Waals surface area contributed by atoms with Gasteiger partial charge in [-0.15, -0.1) is 5.92 Å². The third kappa shape index (κ3) is 4.33. The Labute approximate surface area is 178 Å². The molecule has 2 aromatic carbocycles. The van der Waals surface area contributed by atoms with Gasteiger partial charge in [0.25, 0.3) is 0 Å². The average molecular weight is 445 g/mol. The number of hydrogen-bond donors (Lipinski definition) is 1. The minimum absolute atomic E-state index is 0.0715. The zero-order chi connectivity index (χ0) is 22.9.